The summed E-state index contributed by atoms with van der Waals surface area (Å²) in [6, 6.07) is 18.6. The van der Waals surface area contributed by atoms with Gasteiger partial charge in [-0.25, -0.2) is 0 Å². The molecule has 0 N–H and O–H groups in total. The van der Waals surface area contributed by atoms with Crippen LogP contribution in [0.5, 0.6) is 0 Å². The van der Waals surface area contributed by atoms with Gasteiger partial charge >= 0.3 is 5.97 Å². The van der Waals surface area contributed by atoms with Crippen LogP contribution in [0.25, 0.3) is 0 Å². The molecule has 4 rings (SSSR count). The van der Waals surface area contributed by atoms with Gasteiger partial charge in [-0.3, -0.25) is 4.79 Å². The first-order valence-corrected chi connectivity index (χ1v) is 9.76. The van der Waals surface area contributed by atoms with Crippen molar-refractivity contribution in [2.24, 2.45) is 11.8 Å². The fraction of sp³-hybridized carbons (Fsp3) is 0.391. The molecule has 0 radical (unpaired) electrons. The molecule has 5 atom stereocenters. The molecule has 5 nitrogen and oxygen atoms in total. The van der Waals surface area contributed by atoms with E-state index in [1.54, 1.807) is 0 Å². The summed E-state index contributed by atoms with van der Waals surface area (Å²) in [6.45, 7) is 0.909. The molecule has 1 saturated carbocycles. The molecule has 1 aliphatic carbocycles. The molecule has 0 spiro atoms. The Labute approximate surface area is 164 Å². The van der Waals surface area contributed by atoms with Gasteiger partial charge in [-0.05, 0) is 24.0 Å². The molecule has 2 fully saturated rings. The number of aliphatic carboxylic acids is 1. The average Bonchev–Trinajstić information content (AvgIpc) is 3.21. The number of carboxylic acids is 1. The Balaban J connectivity index is 1.62. The molecular formula is C23H23O5-. The lowest BCUT2D eigenvalue weighted by atomic mass is 9.52. The molecule has 5 heteroatoms. The van der Waals surface area contributed by atoms with Gasteiger partial charge in [-0.2, -0.15) is 0 Å². The van der Waals surface area contributed by atoms with Gasteiger partial charge in [0.1, 0.15) is 6.61 Å². The van der Waals surface area contributed by atoms with E-state index in [-0.39, 0.29) is 18.7 Å². The van der Waals surface area contributed by atoms with Crippen LogP contribution in [0.2, 0.25) is 0 Å². The molecule has 0 bridgehead atoms. The van der Waals surface area contributed by atoms with Gasteiger partial charge in [0.15, 0.2) is 0 Å². The second-order valence-electron chi connectivity index (χ2n) is 7.51. The van der Waals surface area contributed by atoms with Crippen molar-refractivity contribution in [3.8, 4) is 0 Å². The van der Waals surface area contributed by atoms with Crippen molar-refractivity contribution in [2.75, 3.05) is 13.2 Å². The monoisotopic (exact) mass is 379 g/mol. The predicted molar refractivity (Wildman–Crippen MR) is 100 cm³/mol. The topological polar surface area (TPSA) is 75.7 Å². The number of carboxylic acid groups (broad SMARTS) is 1. The van der Waals surface area contributed by atoms with Crippen LogP contribution in [-0.4, -0.2) is 31.3 Å². The van der Waals surface area contributed by atoms with E-state index in [1.165, 1.54) is 0 Å². The van der Waals surface area contributed by atoms with Crippen molar-refractivity contribution in [2.45, 2.75) is 30.8 Å². The third-order valence-electron chi connectivity index (χ3n) is 5.90. The van der Waals surface area contributed by atoms with Gasteiger partial charge in [-0.1, -0.05) is 60.7 Å². The molecule has 0 amide bonds. The van der Waals surface area contributed by atoms with E-state index >= 15 is 0 Å². The summed E-state index contributed by atoms with van der Waals surface area (Å²) >= 11 is 0. The highest BCUT2D eigenvalue weighted by atomic mass is 16.6. The fourth-order valence-electron chi connectivity index (χ4n) is 4.56. The largest absolute Gasteiger partial charge is 0.550 e. The van der Waals surface area contributed by atoms with Gasteiger partial charge < -0.3 is 19.4 Å². The fourth-order valence-corrected chi connectivity index (χ4v) is 4.56. The van der Waals surface area contributed by atoms with Crippen LogP contribution in [0, 0.1) is 11.8 Å². The van der Waals surface area contributed by atoms with Crippen molar-refractivity contribution in [1.29, 1.82) is 0 Å². The number of hydrogen-bond acceptors (Lipinski definition) is 5. The number of ether oxygens (including phenoxy) is 2. The highest BCUT2D eigenvalue weighted by Crippen LogP contribution is 2.57. The lowest BCUT2D eigenvalue weighted by Crippen LogP contribution is -2.55. The van der Waals surface area contributed by atoms with Crippen molar-refractivity contribution < 1.29 is 24.2 Å². The van der Waals surface area contributed by atoms with Gasteiger partial charge in [0.25, 0.3) is 0 Å². The van der Waals surface area contributed by atoms with Crippen LogP contribution in [0.4, 0.5) is 0 Å². The third kappa shape index (κ3) is 3.54. The van der Waals surface area contributed by atoms with Gasteiger partial charge in [0.05, 0.1) is 12.0 Å². The minimum atomic E-state index is -1.13. The summed E-state index contributed by atoms with van der Waals surface area (Å²) in [5.41, 5.74) is 1.64. The standard InChI is InChI=1S/C23H24O5/c24-22(25)20-18(15-8-3-1-4-9-15)21(19(20)16-10-5-2-6-11-16)23(26)28-14-17-12-7-13-27-17/h1-6,8-11,17-21H,7,12-14H2,(H,24,25)/p-1/t17-,18-,19+,20?,21?/m0/s1. The van der Waals surface area contributed by atoms with E-state index in [4.69, 9.17) is 9.47 Å². The number of carbonyl (C=O) groups is 2. The maximum absolute atomic E-state index is 13.0. The summed E-state index contributed by atoms with van der Waals surface area (Å²) in [5.74, 6) is -3.76. The molecule has 1 aliphatic heterocycles. The second-order valence-corrected chi connectivity index (χ2v) is 7.51. The Kier molecular flexibility index (Phi) is 5.44. The molecule has 2 aliphatic rings. The predicted octanol–water partition coefficient (Wildman–Crippen LogP) is 2.27. The zero-order chi connectivity index (χ0) is 19.5. The van der Waals surface area contributed by atoms with Crippen molar-refractivity contribution >= 4 is 11.9 Å². The zero-order valence-corrected chi connectivity index (χ0v) is 15.5. The Morgan fingerprint density at radius 1 is 0.929 bits per heavy atom. The van der Waals surface area contributed by atoms with E-state index < -0.39 is 29.6 Å². The lowest BCUT2D eigenvalue weighted by molar-refractivity contribution is -0.317. The van der Waals surface area contributed by atoms with E-state index in [0.29, 0.717) is 6.61 Å². The quantitative estimate of drug-likeness (QED) is 0.720. The van der Waals surface area contributed by atoms with E-state index in [2.05, 4.69) is 0 Å². The van der Waals surface area contributed by atoms with Crippen molar-refractivity contribution in [1.82, 2.24) is 0 Å². The molecule has 2 unspecified atom stereocenters. The minimum absolute atomic E-state index is 0.0636. The highest BCUT2D eigenvalue weighted by molar-refractivity contribution is 5.83. The number of rotatable bonds is 6. The lowest BCUT2D eigenvalue weighted by Gasteiger charge is -2.51. The Bertz CT molecular complexity index is 766. The average molecular weight is 379 g/mol. The van der Waals surface area contributed by atoms with Gasteiger partial charge in [0, 0.05) is 30.3 Å². The summed E-state index contributed by atoms with van der Waals surface area (Å²) in [4.78, 5) is 25.0. The number of benzene rings is 2. The number of carbonyl (C=O) groups excluding carboxylic acids is 2. The van der Waals surface area contributed by atoms with E-state index in [1.807, 2.05) is 60.7 Å². The van der Waals surface area contributed by atoms with Crippen LogP contribution >= 0.6 is 0 Å². The van der Waals surface area contributed by atoms with Crippen LogP contribution in [0.3, 0.4) is 0 Å². The summed E-state index contributed by atoms with van der Waals surface area (Å²) < 4.78 is 11.1. The number of esters is 1. The van der Waals surface area contributed by atoms with Gasteiger partial charge in [0.2, 0.25) is 0 Å². The van der Waals surface area contributed by atoms with Gasteiger partial charge in [-0.15, -0.1) is 0 Å². The molecular weight excluding hydrogens is 356 g/mol. The van der Waals surface area contributed by atoms with Crippen LogP contribution < -0.4 is 5.11 Å². The highest BCUT2D eigenvalue weighted by Gasteiger charge is 2.56. The maximum Gasteiger partial charge on any atom is 0.310 e. The second kappa shape index (κ2) is 8.15. The van der Waals surface area contributed by atoms with Crippen LogP contribution in [0.15, 0.2) is 60.7 Å². The van der Waals surface area contributed by atoms with Crippen molar-refractivity contribution in [3.05, 3.63) is 71.8 Å². The third-order valence-corrected chi connectivity index (χ3v) is 5.90. The van der Waals surface area contributed by atoms with E-state index in [0.717, 1.165) is 24.0 Å². The molecule has 2 aromatic carbocycles. The molecule has 2 aromatic rings. The molecule has 0 aromatic heterocycles. The smallest absolute Gasteiger partial charge is 0.310 e. The van der Waals surface area contributed by atoms with Crippen LogP contribution in [0.1, 0.15) is 35.8 Å². The Hall–Kier alpha value is -2.66. The first-order valence-electron chi connectivity index (χ1n) is 9.76. The van der Waals surface area contributed by atoms with E-state index in [9.17, 15) is 14.7 Å². The number of hydrogen-bond donors (Lipinski definition) is 0. The first-order chi connectivity index (χ1) is 13.7. The summed E-state index contributed by atoms with van der Waals surface area (Å²) in [5, 5.41) is 12.0. The SMILES string of the molecule is O=C([O-])C1[C@@H](c2ccccc2)C(C(=O)OC[C@@H]2CCCO2)[C@H]1c1ccccc1. The normalized spacial score (nSPS) is 29.1. The molecule has 146 valence electrons. The molecule has 1 saturated heterocycles. The minimum Gasteiger partial charge on any atom is -0.550 e. The summed E-state index contributed by atoms with van der Waals surface area (Å²) in [6.07, 6.45) is 1.79. The zero-order valence-electron chi connectivity index (χ0n) is 15.5. The Morgan fingerprint density at radius 3 is 1.96 bits per heavy atom. The Morgan fingerprint density at radius 2 is 1.50 bits per heavy atom. The molecule has 28 heavy (non-hydrogen) atoms. The summed E-state index contributed by atoms with van der Waals surface area (Å²) in [7, 11) is 0. The van der Waals surface area contributed by atoms with Crippen LogP contribution in [-0.2, 0) is 19.1 Å². The molecule has 1 heterocycles. The van der Waals surface area contributed by atoms with Crippen molar-refractivity contribution in [3.63, 3.8) is 0 Å². The first kappa shape index (κ1) is 18.7. The maximum atomic E-state index is 13.0.